The summed E-state index contributed by atoms with van der Waals surface area (Å²) in [5.74, 6) is 4.18. The van der Waals surface area contributed by atoms with Gasteiger partial charge in [0.25, 0.3) is 0 Å². The van der Waals surface area contributed by atoms with Crippen molar-refractivity contribution in [2.24, 2.45) is 11.7 Å². The third-order valence-electron chi connectivity index (χ3n) is 3.67. The highest BCUT2D eigenvalue weighted by Crippen LogP contribution is 2.38. The molecule has 2 rings (SSSR count). The minimum absolute atomic E-state index is 0.117. The fraction of sp³-hybridized carbons (Fsp3) is 0.846. The molecule has 1 fully saturated rings. The van der Waals surface area contributed by atoms with Gasteiger partial charge in [-0.25, -0.2) is 0 Å². The Labute approximate surface area is 113 Å². The molecule has 1 aliphatic carbocycles. The third kappa shape index (κ3) is 2.88. The second-order valence-electron chi connectivity index (χ2n) is 5.84. The minimum Gasteiger partial charge on any atom is -0.339 e. The van der Waals surface area contributed by atoms with Crippen LogP contribution in [-0.4, -0.2) is 21.9 Å². The average Bonchev–Trinajstić information content (AvgIpc) is 2.88. The van der Waals surface area contributed by atoms with Gasteiger partial charge in [-0.1, -0.05) is 25.4 Å². The Morgan fingerprint density at radius 3 is 2.94 bits per heavy atom. The van der Waals surface area contributed by atoms with Gasteiger partial charge in [-0.3, -0.25) is 0 Å². The Morgan fingerprint density at radius 2 is 2.33 bits per heavy atom. The van der Waals surface area contributed by atoms with Crippen molar-refractivity contribution >= 4 is 11.8 Å². The third-order valence-corrected chi connectivity index (χ3v) is 5.03. The molecule has 4 nitrogen and oxygen atoms in total. The first-order chi connectivity index (χ1) is 8.52. The monoisotopic (exact) mass is 269 g/mol. The van der Waals surface area contributed by atoms with Gasteiger partial charge in [0, 0.05) is 6.04 Å². The van der Waals surface area contributed by atoms with Crippen LogP contribution in [0.3, 0.4) is 0 Å². The second-order valence-corrected chi connectivity index (χ2v) is 6.87. The molecule has 2 unspecified atom stereocenters. The van der Waals surface area contributed by atoms with Crippen LogP contribution in [-0.2, 0) is 11.2 Å². The molecule has 1 heterocycles. The molecule has 102 valence electrons. The molecule has 0 aromatic carbocycles. The van der Waals surface area contributed by atoms with Gasteiger partial charge in [0.15, 0.2) is 5.82 Å². The van der Waals surface area contributed by atoms with E-state index in [1.807, 2.05) is 11.8 Å². The number of hydrogen-bond acceptors (Lipinski definition) is 5. The summed E-state index contributed by atoms with van der Waals surface area (Å²) >= 11 is 1.85. The summed E-state index contributed by atoms with van der Waals surface area (Å²) in [7, 11) is 0. The molecule has 18 heavy (non-hydrogen) atoms. The van der Waals surface area contributed by atoms with E-state index in [4.69, 9.17) is 10.3 Å². The zero-order valence-electron chi connectivity index (χ0n) is 11.5. The molecular weight excluding hydrogens is 246 g/mol. The van der Waals surface area contributed by atoms with Crippen LogP contribution in [0, 0.1) is 5.92 Å². The van der Waals surface area contributed by atoms with Crippen molar-refractivity contribution in [1.82, 2.24) is 10.1 Å². The van der Waals surface area contributed by atoms with E-state index in [-0.39, 0.29) is 11.5 Å². The molecule has 0 saturated heterocycles. The number of hydrogen-bond donors (Lipinski definition) is 1. The maximum absolute atomic E-state index is 6.16. The quantitative estimate of drug-likeness (QED) is 0.890. The molecule has 2 atom stereocenters. The number of nitrogens with zero attached hydrogens (tertiary/aromatic N) is 2. The summed E-state index contributed by atoms with van der Waals surface area (Å²) in [6.45, 7) is 6.57. The molecule has 1 aromatic rings. The van der Waals surface area contributed by atoms with Crippen LogP contribution in [0.1, 0.15) is 51.7 Å². The van der Waals surface area contributed by atoms with E-state index in [1.165, 1.54) is 0 Å². The molecule has 0 spiro atoms. The van der Waals surface area contributed by atoms with Crippen LogP contribution >= 0.6 is 11.8 Å². The van der Waals surface area contributed by atoms with E-state index in [2.05, 4.69) is 30.9 Å². The van der Waals surface area contributed by atoms with E-state index in [0.29, 0.717) is 5.92 Å². The van der Waals surface area contributed by atoms with Crippen LogP contribution in [0.2, 0.25) is 0 Å². The lowest BCUT2D eigenvalue weighted by Crippen LogP contribution is -2.38. The number of rotatable bonds is 5. The summed E-state index contributed by atoms with van der Waals surface area (Å²) in [5.41, 5.74) is 6.04. The van der Waals surface area contributed by atoms with E-state index in [9.17, 15) is 0 Å². The Balaban J connectivity index is 1.97. The lowest BCUT2D eigenvalue weighted by atomic mass is 9.85. The summed E-state index contributed by atoms with van der Waals surface area (Å²) in [5, 5.41) is 4.07. The summed E-state index contributed by atoms with van der Waals surface area (Å²) in [4.78, 5) is 4.53. The maximum atomic E-state index is 6.16. The van der Waals surface area contributed by atoms with Crippen molar-refractivity contribution < 1.29 is 4.52 Å². The second kappa shape index (κ2) is 5.61. The van der Waals surface area contributed by atoms with Crippen molar-refractivity contribution in [3.05, 3.63) is 11.7 Å². The lowest BCUT2D eigenvalue weighted by Gasteiger charge is -2.23. The first-order valence-corrected chi connectivity index (χ1v) is 7.84. The smallest absolute Gasteiger partial charge is 0.234 e. The average molecular weight is 269 g/mol. The Hall–Kier alpha value is -0.550. The van der Waals surface area contributed by atoms with Crippen molar-refractivity contribution in [3.8, 4) is 0 Å². The predicted octanol–water partition coefficient (Wildman–Crippen LogP) is 2.73. The van der Waals surface area contributed by atoms with Crippen LogP contribution in [0.15, 0.2) is 4.52 Å². The molecule has 1 aliphatic rings. The van der Waals surface area contributed by atoms with Crippen LogP contribution in [0.5, 0.6) is 0 Å². The van der Waals surface area contributed by atoms with Gasteiger partial charge in [-0.05, 0) is 31.4 Å². The molecule has 0 amide bonds. The Kier molecular flexibility index (Phi) is 4.33. The molecule has 0 bridgehead atoms. The summed E-state index contributed by atoms with van der Waals surface area (Å²) in [6.07, 6.45) is 3.25. The number of thioether (sulfide) groups is 1. The highest BCUT2D eigenvalue weighted by Gasteiger charge is 2.42. The van der Waals surface area contributed by atoms with Gasteiger partial charge in [-0.15, -0.1) is 0 Å². The molecule has 5 heteroatoms. The molecular formula is C13H23N3OS. The van der Waals surface area contributed by atoms with E-state index in [1.54, 1.807) is 0 Å². The van der Waals surface area contributed by atoms with E-state index < -0.39 is 0 Å². The predicted molar refractivity (Wildman–Crippen MR) is 74.5 cm³/mol. The van der Waals surface area contributed by atoms with E-state index in [0.717, 1.165) is 42.5 Å². The number of aromatic nitrogens is 2. The van der Waals surface area contributed by atoms with Crippen LogP contribution in [0.4, 0.5) is 0 Å². The molecule has 2 N–H and O–H groups in total. The van der Waals surface area contributed by atoms with Gasteiger partial charge in [0.1, 0.15) is 0 Å². The van der Waals surface area contributed by atoms with Crippen molar-refractivity contribution in [3.63, 3.8) is 0 Å². The topological polar surface area (TPSA) is 64.9 Å². The van der Waals surface area contributed by atoms with E-state index >= 15 is 0 Å². The Bertz CT molecular complexity index is 393. The SMILES string of the molecule is CC(C)CSCc1noc(C2(C)CCCC2N)n1. The van der Waals surface area contributed by atoms with Crippen molar-refractivity contribution in [2.45, 2.75) is 57.2 Å². The molecule has 1 saturated carbocycles. The largest absolute Gasteiger partial charge is 0.339 e. The fourth-order valence-electron chi connectivity index (χ4n) is 2.39. The Morgan fingerprint density at radius 1 is 1.56 bits per heavy atom. The summed E-state index contributed by atoms with van der Waals surface area (Å²) < 4.78 is 5.43. The highest BCUT2D eigenvalue weighted by molar-refractivity contribution is 7.98. The van der Waals surface area contributed by atoms with Crippen molar-refractivity contribution in [2.75, 3.05) is 5.75 Å². The highest BCUT2D eigenvalue weighted by atomic mass is 32.2. The standard InChI is InChI=1S/C13H23N3OS/c1-9(2)7-18-8-11-15-12(17-16-11)13(3)6-4-5-10(13)14/h9-10H,4-8,14H2,1-3H3. The zero-order valence-corrected chi connectivity index (χ0v) is 12.3. The number of nitrogens with two attached hydrogens (primary N) is 1. The first kappa shape index (κ1) is 13.9. The van der Waals surface area contributed by atoms with Crippen LogP contribution < -0.4 is 5.73 Å². The first-order valence-electron chi connectivity index (χ1n) is 6.69. The minimum atomic E-state index is -0.117. The maximum Gasteiger partial charge on any atom is 0.234 e. The molecule has 0 radical (unpaired) electrons. The van der Waals surface area contributed by atoms with Gasteiger partial charge < -0.3 is 10.3 Å². The lowest BCUT2D eigenvalue weighted by molar-refractivity contribution is 0.277. The van der Waals surface area contributed by atoms with Crippen LogP contribution in [0.25, 0.3) is 0 Å². The van der Waals surface area contributed by atoms with Crippen molar-refractivity contribution in [1.29, 1.82) is 0 Å². The summed E-state index contributed by atoms with van der Waals surface area (Å²) in [6, 6.07) is 0.147. The molecule has 0 aliphatic heterocycles. The fourth-order valence-corrected chi connectivity index (χ4v) is 3.28. The van der Waals surface area contributed by atoms with Gasteiger partial charge >= 0.3 is 0 Å². The normalized spacial score (nSPS) is 28.2. The zero-order chi connectivity index (χ0) is 13.2. The molecule has 1 aromatic heterocycles. The van der Waals surface area contributed by atoms with Gasteiger partial charge in [-0.2, -0.15) is 16.7 Å². The van der Waals surface area contributed by atoms with Gasteiger partial charge in [0.2, 0.25) is 5.89 Å². The van der Waals surface area contributed by atoms with Gasteiger partial charge in [0.05, 0.1) is 11.2 Å².